The van der Waals surface area contributed by atoms with E-state index in [0.717, 1.165) is 12.3 Å². The molecule has 0 aliphatic carbocycles. The number of benzene rings is 1. The lowest BCUT2D eigenvalue weighted by Crippen LogP contribution is -2.42. The van der Waals surface area contributed by atoms with Crippen LogP contribution in [0.4, 0.5) is 14.7 Å². The van der Waals surface area contributed by atoms with Crippen LogP contribution in [-0.4, -0.2) is 58.0 Å². The highest BCUT2D eigenvalue weighted by molar-refractivity contribution is 5.98. The molecule has 2 aromatic heterocycles. The normalized spacial score (nSPS) is 18.3. The van der Waals surface area contributed by atoms with Gasteiger partial charge in [-0.25, -0.2) is 23.5 Å². The van der Waals surface area contributed by atoms with Crippen molar-refractivity contribution in [2.75, 3.05) is 25.1 Å². The Labute approximate surface area is 195 Å². The molecule has 1 aliphatic heterocycles. The number of hydrogen-bond donors (Lipinski definition) is 2. The SMILES string of the molecule is CCOC(=O)c1cnc2c(F)cc(-c3nc(N[C@@H]4CCOC[C@H]4O)ncc3F)cc2c1C(C)C. The number of esters is 1. The second kappa shape index (κ2) is 9.94. The average Bonchev–Trinajstić information content (AvgIpc) is 2.81. The van der Waals surface area contributed by atoms with Crippen molar-refractivity contribution in [2.45, 2.75) is 45.3 Å². The van der Waals surface area contributed by atoms with Crippen LogP contribution in [0.2, 0.25) is 0 Å². The van der Waals surface area contributed by atoms with E-state index in [-0.39, 0.29) is 53.5 Å². The van der Waals surface area contributed by atoms with Gasteiger partial charge in [-0.1, -0.05) is 13.8 Å². The maximum Gasteiger partial charge on any atom is 0.340 e. The number of nitrogens with one attached hydrogen (secondary N) is 1. The standard InChI is InChI=1S/C24H26F2N4O4/c1-4-34-23(32)15-9-27-22-14(20(15)12(2)3)7-13(8-16(22)25)21-17(26)10-28-24(30-21)29-18-5-6-33-11-19(18)31/h7-10,12,18-19,31H,4-6,11H2,1-3H3,(H,28,29,30)/t18-,19-/m1/s1. The van der Waals surface area contributed by atoms with Crippen molar-refractivity contribution >= 4 is 22.8 Å². The number of anilines is 1. The maximum atomic E-state index is 15.1. The quantitative estimate of drug-likeness (QED) is 0.522. The van der Waals surface area contributed by atoms with Gasteiger partial charge in [0.15, 0.2) is 5.82 Å². The Morgan fingerprint density at radius 2 is 2.06 bits per heavy atom. The zero-order valence-electron chi connectivity index (χ0n) is 19.1. The Kier molecular flexibility index (Phi) is 6.99. The molecule has 0 amide bonds. The number of halogens is 2. The Morgan fingerprint density at radius 3 is 2.76 bits per heavy atom. The third kappa shape index (κ3) is 4.69. The van der Waals surface area contributed by atoms with Crippen LogP contribution in [0.25, 0.3) is 22.2 Å². The van der Waals surface area contributed by atoms with E-state index >= 15 is 4.39 Å². The Hall–Kier alpha value is -3.24. The molecule has 1 fully saturated rings. The largest absolute Gasteiger partial charge is 0.462 e. The number of aliphatic hydroxyl groups is 1. The number of carbonyl (C=O) groups excluding carboxylic acids is 1. The Morgan fingerprint density at radius 1 is 1.26 bits per heavy atom. The number of nitrogens with zero attached hydrogens (tertiary/aromatic N) is 3. The molecule has 0 bridgehead atoms. The van der Waals surface area contributed by atoms with Gasteiger partial charge in [0.1, 0.15) is 17.0 Å². The van der Waals surface area contributed by atoms with E-state index in [4.69, 9.17) is 9.47 Å². The monoisotopic (exact) mass is 472 g/mol. The molecule has 8 nitrogen and oxygen atoms in total. The first-order valence-corrected chi connectivity index (χ1v) is 11.1. The van der Waals surface area contributed by atoms with Crippen LogP contribution in [0.15, 0.2) is 24.5 Å². The van der Waals surface area contributed by atoms with E-state index in [1.54, 1.807) is 13.0 Å². The van der Waals surface area contributed by atoms with Crippen LogP contribution in [0.1, 0.15) is 49.0 Å². The third-order valence-corrected chi connectivity index (χ3v) is 5.70. The first-order chi connectivity index (χ1) is 16.3. The second-order valence-electron chi connectivity index (χ2n) is 8.39. The van der Waals surface area contributed by atoms with E-state index in [0.29, 0.717) is 24.0 Å². The highest BCUT2D eigenvalue weighted by Crippen LogP contribution is 2.34. The van der Waals surface area contributed by atoms with E-state index in [1.165, 1.54) is 6.20 Å². The first-order valence-electron chi connectivity index (χ1n) is 11.1. The van der Waals surface area contributed by atoms with Crippen molar-refractivity contribution in [1.29, 1.82) is 0 Å². The number of aromatic nitrogens is 3. The number of fused-ring (bicyclic) bond motifs is 1. The molecule has 10 heteroatoms. The van der Waals surface area contributed by atoms with E-state index in [1.807, 2.05) is 13.8 Å². The molecule has 3 aromatic rings. The Balaban J connectivity index is 1.81. The summed E-state index contributed by atoms with van der Waals surface area (Å²) in [7, 11) is 0. The van der Waals surface area contributed by atoms with Crippen LogP contribution in [-0.2, 0) is 9.47 Å². The van der Waals surface area contributed by atoms with Gasteiger partial charge in [-0.3, -0.25) is 4.98 Å². The predicted octanol–water partition coefficient (Wildman–Crippen LogP) is 3.83. The summed E-state index contributed by atoms with van der Waals surface area (Å²) in [5.41, 5.74) is 0.919. The van der Waals surface area contributed by atoms with Gasteiger partial charge in [-0.05, 0) is 37.0 Å². The molecule has 0 unspecified atom stereocenters. The van der Waals surface area contributed by atoms with Crippen LogP contribution in [0.3, 0.4) is 0 Å². The third-order valence-electron chi connectivity index (χ3n) is 5.70. The van der Waals surface area contributed by atoms with Gasteiger partial charge in [0.2, 0.25) is 5.95 Å². The second-order valence-corrected chi connectivity index (χ2v) is 8.39. The summed E-state index contributed by atoms with van der Waals surface area (Å²) in [6.07, 6.45) is 2.08. The number of carbonyl (C=O) groups is 1. The van der Waals surface area contributed by atoms with E-state index in [9.17, 15) is 14.3 Å². The number of hydrogen-bond acceptors (Lipinski definition) is 8. The van der Waals surface area contributed by atoms with Crippen LogP contribution >= 0.6 is 0 Å². The molecular formula is C24H26F2N4O4. The minimum Gasteiger partial charge on any atom is -0.462 e. The lowest BCUT2D eigenvalue weighted by molar-refractivity contribution is -0.0136. The summed E-state index contributed by atoms with van der Waals surface area (Å²) in [4.78, 5) is 24.8. The zero-order chi connectivity index (χ0) is 24.4. The molecule has 3 heterocycles. The smallest absolute Gasteiger partial charge is 0.340 e. The van der Waals surface area contributed by atoms with Gasteiger partial charge in [-0.2, -0.15) is 0 Å². The van der Waals surface area contributed by atoms with Gasteiger partial charge >= 0.3 is 5.97 Å². The lowest BCUT2D eigenvalue weighted by atomic mass is 9.92. The summed E-state index contributed by atoms with van der Waals surface area (Å²) in [5, 5.41) is 13.5. The van der Waals surface area contributed by atoms with Crippen molar-refractivity contribution in [3.63, 3.8) is 0 Å². The minimum atomic E-state index is -0.759. The fraction of sp³-hybridized carbons (Fsp3) is 0.417. The topological polar surface area (TPSA) is 106 Å². The van der Waals surface area contributed by atoms with Crippen LogP contribution in [0, 0.1) is 11.6 Å². The Bertz CT molecular complexity index is 1220. The zero-order valence-corrected chi connectivity index (χ0v) is 19.1. The van der Waals surface area contributed by atoms with Crippen molar-refractivity contribution in [3.8, 4) is 11.3 Å². The van der Waals surface area contributed by atoms with Crippen molar-refractivity contribution in [1.82, 2.24) is 15.0 Å². The molecule has 180 valence electrons. The molecule has 2 N–H and O–H groups in total. The van der Waals surface area contributed by atoms with Gasteiger partial charge in [0, 0.05) is 23.8 Å². The van der Waals surface area contributed by atoms with Gasteiger partial charge in [-0.15, -0.1) is 0 Å². The first kappa shape index (κ1) is 23.9. The average molecular weight is 472 g/mol. The molecule has 1 saturated heterocycles. The molecule has 0 spiro atoms. The van der Waals surface area contributed by atoms with Crippen molar-refractivity contribution < 1.29 is 28.2 Å². The van der Waals surface area contributed by atoms with Crippen LogP contribution < -0.4 is 5.32 Å². The molecule has 2 atom stereocenters. The molecule has 1 aromatic carbocycles. The highest BCUT2D eigenvalue weighted by atomic mass is 19.1. The summed E-state index contributed by atoms with van der Waals surface area (Å²) in [6, 6.07) is 2.37. The molecule has 0 radical (unpaired) electrons. The lowest BCUT2D eigenvalue weighted by Gasteiger charge is -2.28. The summed E-state index contributed by atoms with van der Waals surface area (Å²) in [6.45, 7) is 6.26. The van der Waals surface area contributed by atoms with Crippen molar-refractivity contribution in [3.05, 3.63) is 47.3 Å². The summed E-state index contributed by atoms with van der Waals surface area (Å²) in [5.74, 6) is -2.02. The predicted molar refractivity (Wildman–Crippen MR) is 122 cm³/mol. The number of rotatable bonds is 6. The summed E-state index contributed by atoms with van der Waals surface area (Å²) >= 11 is 0. The molecule has 34 heavy (non-hydrogen) atoms. The fourth-order valence-electron chi connectivity index (χ4n) is 4.11. The minimum absolute atomic E-state index is 0.0682. The molecule has 4 rings (SSSR count). The highest BCUT2D eigenvalue weighted by Gasteiger charge is 2.25. The number of ether oxygens (including phenoxy) is 2. The van der Waals surface area contributed by atoms with Gasteiger partial charge < -0.3 is 19.9 Å². The fourth-order valence-corrected chi connectivity index (χ4v) is 4.11. The van der Waals surface area contributed by atoms with Crippen LogP contribution in [0.5, 0.6) is 0 Å². The summed E-state index contributed by atoms with van der Waals surface area (Å²) < 4.78 is 40.2. The van der Waals surface area contributed by atoms with E-state index < -0.39 is 23.7 Å². The van der Waals surface area contributed by atoms with E-state index in [2.05, 4.69) is 20.3 Å². The van der Waals surface area contributed by atoms with Gasteiger partial charge in [0.25, 0.3) is 0 Å². The van der Waals surface area contributed by atoms with Gasteiger partial charge in [0.05, 0.1) is 37.1 Å². The molecule has 1 aliphatic rings. The number of pyridine rings is 1. The van der Waals surface area contributed by atoms with Crippen molar-refractivity contribution in [2.24, 2.45) is 0 Å². The number of aliphatic hydroxyl groups excluding tert-OH is 1. The maximum absolute atomic E-state index is 15.1. The molecule has 0 saturated carbocycles. The molecular weight excluding hydrogens is 446 g/mol.